The van der Waals surface area contributed by atoms with Crippen LogP contribution in [0.5, 0.6) is 0 Å². The second-order valence-electron chi connectivity index (χ2n) is 4.28. The zero-order valence-electron chi connectivity index (χ0n) is 9.64. The molecule has 1 fully saturated rings. The predicted octanol–water partition coefficient (Wildman–Crippen LogP) is 2.08. The largest absolute Gasteiger partial charge is 0.267 e. The van der Waals surface area contributed by atoms with E-state index in [1.807, 2.05) is 24.3 Å². The van der Waals surface area contributed by atoms with Crippen molar-refractivity contribution in [3.05, 3.63) is 54.6 Å². The second kappa shape index (κ2) is 4.35. The van der Waals surface area contributed by atoms with Crippen LogP contribution in [0, 0.1) is 5.92 Å². The van der Waals surface area contributed by atoms with Crippen LogP contribution < -0.4 is 0 Å². The summed E-state index contributed by atoms with van der Waals surface area (Å²) in [4.78, 5) is 5.50. The molecule has 0 saturated carbocycles. The van der Waals surface area contributed by atoms with E-state index in [0.29, 0.717) is 0 Å². The minimum absolute atomic E-state index is 0.105. The summed E-state index contributed by atoms with van der Waals surface area (Å²) in [5, 5.41) is 0. The molecule has 1 aromatic carbocycles. The third-order valence-electron chi connectivity index (χ3n) is 3.03. The Kier molecular flexibility index (Phi) is 2.81. The van der Waals surface area contributed by atoms with Crippen LogP contribution in [0.15, 0.2) is 59.5 Å². The van der Waals surface area contributed by atoms with E-state index in [4.69, 9.17) is 4.84 Å². The van der Waals surface area contributed by atoms with Crippen molar-refractivity contribution in [2.24, 2.45) is 5.92 Å². The molecule has 3 atom stereocenters. The van der Waals surface area contributed by atoms with Gasteiger partial charge in [0, 0.05) is 5.92 Å². The average Bonchev–Trinajstić information content (AvgIpc) is 3.22. The summed E-state index contributed by atoms with van der Waals surface area (Å²) >= 11 is 0. The highest BCUT2D eigenvalue weighted by molar-refractivity contribution is 7.89. The smallest absolute Gasteiger partial charge is 0.258 e. The quantitative estimate of drug-likeness (QED) is 0.784. The Morgan fingerprint density at radius 1 is 1.17 bits per heavy atom. The monoisotopic (exact) mass is 263 g/mol. The molecule has 0 amide bonds. The van der Waals surface area contributed by atoms with Crippen LogP contribution in [0.4, 0.5) is 0 Å². The highest BCUT2D eigenvalue weighted by Gasteiger charge is 2.50. The van der Waals surface area contributed by atoms with E-state index in [0.717, 1.165) is 10.9 Å². The molecular weight excluding hydrogens is 250 g/mol. The summed E-state index contributed by atoms with van der Waals surface area (Å²) < 4.78 is 25.5. The number of hydrogen-bond acceptors (Lipinski definition) is 3. The fraction of sp³-hybridized carbons (Fsp3) is 0.231. The molecular formula is C13H13NO3S. The van der Waals surface area contributed by atoms with Crippen LogP contribution in [0.1, 0.15) is 6.42 Å². The van der Waals surface area contributed by atoms with Gasteiger partial charge < -0.3 is 0 Å². The van der Waals surface area contributed by atoms with Crippen LogP contribution in [0.25, 0.3) is 0 Å². The first-order valence-electron chi connectivity index (χ1n) is 5.79. The highest BCUT2D eigenvalue weighted by Crippen LogP contribution is 2.37. The lowest BCUT2D eigenvalue weighted by Gasteiger charge is -2.08. The number of rotatable bonds is 3. The maximum absolute atomic E-state index is 12.2. The zero-order chi connectivity index (χ0) is 12.6. The molecule has 2 aliphatic rings. The lowest BCUT2D eigenvalue weighted by molar-refractivity contribution is 0.273. The maximum Gasteiger partial charge on any atom is 0.267 e. The third kappa shape index (κ3) is 2.01. The van der Waals surface area contributed by atoms with Gasteiger partial charge in [-0.05, 0) is 23.0 Å². The fourth-order valence-electron chi connectivity index (χ4n) is 2.01. The standard InChI is InChI=1S/C13H13NO3S/c15-18(16,12-9-5-2-6-10-12)14-13(17-14)11-7-3-1-4-8-11/h1-7,9-11,13H,8H2/t11?,13-,14-/m0/s1. The van der Waals surface area contributed by atoms with E-state index in [2.05, 4.69) is 0 Å². The summed E-state index contributed by atoms with van der Waals surface area (Å²) in [7, 11) is -3.51. The molecule has 0 spiro atoms. The molecule has 1 unspecified atom stereocenters. The van der Waals surface area contributed by atoms with Gasteiger partial charge in [-0.15, -0.1) is 0 Å². The normalized spacial score (nSPS) is 30.3. The van der Waals surface area contributed by atoms with Gasteiger partial charge in [0.25, 0.3) is 10.0 Å². The number of nitrogens with zero attached hydrogens (tertiary/aromatic N) is 1. The molecule has 5 heteroatoms. The van der Waals surface area contributed by atoms with E-state index in [1.165, 1.54) is 0 Å². The van der Waals surface area contributed by atoms with E-state index in [1.54, 1.807) is 30.3 Å². The Morgan fingerprint density at radius 3 is 2.61 bits per heavy atom. The molecule has 1 saturated heterocycles. The SMILES string of the molecule is O=S(=O)(c1ccccc1)[N@]1O[C@H]1C1C=CC=CC1. The topological polar surface area (TPSA) is 49.7 Å². The van der Waals surface area contributed by atoms with E-state index in [-0.39, 0.29) is 17.0 Å². The van der Waals surface area contributed by atoms with Gasteiger partial charge in [0.2, 0.25) is 0 Å². The summed E-state index contributed by atoms with van der Waals surface area (Å²) in [6.45, 7) is 0. The van der Waals surface area contributed by atoms with Crippen molar-refractivity contribution in [2.45, 2.75) is 17.5 Å². The molecule has 1 aliphatic heterocycles. The molecule has 1 aromatic rings. The zero-order valence-corrected chi connectivity index (χ0v) is 10.5. The Labute approximate surface area is 106 Å². The minimum atomic E-state index is -3.51. The van der Waals surface area contributed by atoms with Gasteiger partial charge in [0.15, 0.2) is 6.23 Å². The number of benzene rings is 1. The summed E-state index contributed by atoms with van der Waals surface area (Å²) in [6.07, 6.45) is 8.31. The van der Waals surface area contributed by atoms with Crippen LogP contribution in [-0.2, 0) is 14.9 Å². The van der Waals surface area contributed by atoms with Crippen molar-refractivity contribution in [1.29, 1.82) is 0 Å². The molecule has 1 aliphatic carbocycles. The number of sulfonamides is 1. The first-order chi connectivity index (χ1) is 8.69. The average molecular weight is 263 g/mol. The lowest BCUT2D eigenvalue weighted by Crippen LogP contribution is -2.18. The molecule has 94 valence electrons. The number of hydrogen-bond donors (Lipinski definition) is 0. The molecule has 0 N–H and O–H groups in total. The van der Waals surface area contributed by atoms with Gasteiger partial charge in [0.1, 0.15) is 0 Å². The molecule has 1 heterocycles. The first-order valence-corrected chi connectivity index (χ1v) is 7.23. The molecule has 0 radical (unpaired) electrons. The van der Waals surface area contributed by atoms with Crippen LogP contribution >= 0.6 is 0 Å². The van der Waals surface area contributed by atoms with E-state index < -0.39 is 10.0 Å². The highest BCUT2D eigenvalue weighted by atomic mass is 32.2. The molecule has 18 heavy (non-hydrogen) atoms. The van der Waals surface area contributed by atoms with Crippen molar-refractivity contribution >= 4 is 10.0 Å². The van der Waals surface area contributed by atoms with Crippen molar-refractivity contribution in [1.82, 2.24) is 4.47 Å². The first kappa shape index (κ1) is 11.6. The van der Waals surface area contributed by atoms with Gasteiger partial charge in [-0.3, -0.25) is 4.84 Å². The van der Waals surface area contributed by atoms with Crippen LogP contribution in [-0.4, -0.2) is 19.1 Å². The number of hydroxylamine groups is 1. The van der Waals surface area contributed by atoms with Crippen molar-refractivity contribution < 1.29 is 13.3 Å². The second-order valence-corrected chi connectivity index (χ2v) is 6.06. The Balaban J connectivity index is 1.78. The Hall–Kier alpha value is -1.43. The van der Waals surface area contributed by atoms with Crippen molar-refractivity contribution in [3.8, 4) is 0 Å². The fourth-order valence-corrected chi connectivity index (χ4v) is 3.35. The summed E-state index contributed by atoms with van der Waals surface area (Å²) in [6, 6.07) is 8.34. The maximum atomic E-state index is 12.2. The van der Waals surface area contributed by atoms with Gasteiger partial charge in [-0.25, -0.2) is 8.42 Å². The summed E-state index contributed by atoms with van der Waals surface area (Å²) in [5.41, 5.74) is 0. The van der Waals surface area contributed by atoms with Gasteiger partial charge in [-0.2, -0.15) is 0 Å². The molecule has 0 bridgehead atoms. The minimum Gasteiger partial charge on any atom is -0.258 e. The Morgan fingerprint density at radius 2 is 1.94 bits per heavy atom. The molecule has 3 rings (SSSR count). The van der Waals surface area contributed by atoms with Gasteiger partial charge in [0.05, 0.1) is 4.90 Å². The third-order valence-corrected chi connectivity index (χ3v) is 4.67. The molecule has 4 nitrogen and oxygen atoms in total. The van der Waals surface area contributed by atoms with Gasteiger partial charge in [-0.1, -0.05) is 42.5 Å². The van der Waals surface area contributed by atoms with Crippen LogP contribution in [0.2, 0.25) is 0 Å². The van der Waals surface area contributed by atoms with Crippen LogP contribution in [0.3, 0.4) is 0 Å². The van der Waals surface area contributed by atoms with Crippen molar-refractivity contribution in [2.75, 3.05) is 0 Å². The number of allylic oxidation sites excluding steroid dienone is 3. The summed E-state index contributed by atoms with van der Waals surface area (Å²) in [5.74, 6) is 0.105. The lowest BCUT2D eigenvalue weighted by atomic mass is 10.0. The molecule has 0 aromatic heterocycles. The Bertz CT molecular complexity index is 592. The predicted molar refractivity (Wildman–Crippen MR) is 66.7 cm³/mol. The van der Waals surface area contributed by atoms with Gasteiger partial charge >= 0.3 is 0 Å². The van der Waals surface area contributed by atoms with E-state index >= 15 is 0 Å². The van der Waals surface area contributed by atoms with Crippen molar-refractivity contribution in [3.63, 3.8) is 0 Å². The van der Waals surface area contributed by atoms with E-state index in [9.17, 15) is 8.42 Å².